The van der Waals surface area contributed by atoms with Crippen molar-refractivity contribution in [1.82, 2.24) is 10.1 Å². The fourth-order valence-electron chi connectivity index (χ4n) is 3.36. The van der Waals surface area contributed by atoms with Gasteiger partial charge in [-0.2, -0.15) is 0 Å². The first-order chi connectivity index (χ1) is 14.2. The molecule has 0 aliphatic carbocycles. The topological polar surface area (TPSA) is 58.4 Å². The van der Waals surface area contributed by atoms with Crippen molar-refractivity contribution in [3.05, 3.63) is 70.7 Å². The third-order valence-corrected chi connectivity index (χ3v) is 4.89. The van der Waals surface area contributed by atoms with Crippen LogP contribution in [0.15, 0.2) is 34.9 Å². The first kappa shape index (κ1) is 19.9. The average molecular weight is 423 g/mol. The fraction of sp³-hybridized carbons (Fsp3) is 0.200. The highest BCUT2D eigenvalue weighted by molar-refractivity contribution is 5.90. The summed E-state index contributed by atoms with van der Waals surface area (Å²) in [7, 11) is 0. The Morgan fingerprint density at radius 1 is 1.10 bits per heavy atom. The summed E-state index contributed by atoms with van der Waals surface area (Å²) in [5, 5.41) is 6.24. The van der Waals surface area contributed by atoms with Crippen LogP contribution in [0.4, 0.5) is 32.4 Å². The van der Waals surface area contributed by atoms with E-state index in [0.29, 0.717) is 29.5 Å². The van der Waals surface area contributed by atoms with Gasteiger partial charge in [-0.15, -0.1) is 0 Å². The molecule has 1 atom stereocenters. The lowest BCUT2D eigenvalue weighted by molar-refractivity contribution is 0.182. The molecule has 5 nitrogen and oxygen atoms in total. The minimum absolute atomic E-state index is 0.0114. The first-order valence-electron chi connectivity index (χ1n) is 8.89. The van der Waals surface area contributed by atoms with Gasteiger partial charge < -0.3 is 14.7 Å². The number of benzene rings is 2. The molecule has 0 radical (unpaired) electrons. The number of halogens is 5. The number of nitrogens with zero attached hydrogens (tertiary/aromatic N) is 2. The molecule has 2 aromatic carbocycles. The molecule has 4 rings (SSSR count). The van der Waals surface area contributed by atoms with E-state index in [4.69, 9.17) is 4.52 Å². The quantitative estimate of drug-likeness (QED) is 0.465. The molecule has 2 heterocycles. The Hall–Kier alpha value is -3.43. The van der Waals surface area contributed by atoms with Gasteiger partial charge >= 0.3 is 6.03 Å². The minimum Gasteiger partial charge on any atom is -0.356 e. The van der Waals surface area contributed by atoms with E-state index in [-0.39, 0.29) is 36.0 Å². The number of hydrogen-bond donors (Lipinski definition) is 1. The average Bonchev–Trinajstić information content (AvgIpc) is 3.07. The maximum Gasteiger partial charge on any atom is 0.322 e. The van der Waals surface area contributed by atoms with Gasteiger partial charge in [-0.05, 0) is 19.1 Å². The van der Waals surface area contributed by atoms with Crippen LogP contribution < -0.4 is 5.32 Å². The zero-order chi connectivity index (χ0) is 21.6. The van der Waals surface area contributed by atoms with Crippen LogP contribution in [0.3, 0.4) is 0 Å². The number of urea groups is 1. The summed E-state index contributed by atoms with van der Waals surface area (Å²) in [6, 6.07) is 3.23. The Labute approximate surface area is 167 Å². The van der Waals surface area contributed by atoms with Gasteiger partial charge in [-0.1, -0.05) is 5.16 Å². The van der Waals surface area contributed by atoms with Gasteiger partial charge in [0.2, 0.25) is 0 Å². The lowest BCUT2D eigenvalue weighted by atomic mass is 9.97. The zero-order valence-corrected chi connectivity index (χ0v) is 15.5. The molecule has 1 aliphatic rings. The fourth-order valence-corrected chi connectivity index (χ4v) is 3.36. The molecule has 156 valence electrons. The van der Waals surface area contributed by atoms with Gasteiger partial charge in [0.05, 0.1) is 17.8 Å². The number of nitrogens with one attached hydrogen (secondary N) is 1. The lowest BCUT2D eigenvalue weighted by Crippen LogP contribution is -2.44. The third-order valence-electron chi connectivity index (χ3n) is 4.89. The smallest absolute Gasteiger partial charge is 0.322 e. The van der Waals surface area contributed by atoms with Crippen LogP contribution in [-0.4, -0.2) is 22.1 Å². The second-order valence-corrected chi connectivity index (χ2v) is 6.93. The monoisotopic (exact) mass is 423 g/mol. The van der Waals surface area contributed by atoms with E-state index in [1.165, 1.54) is 11.0 Å². The van der Waals surface area contributed by atoms with Crippen LogP contribution >= 0.6 is 0 Å². The molecule has 0 fully saturated rings. The predicted octanol–water partition coefficient (Wildman–Crippen LogP) is 5.02. The number of rotatable bonds is 2. The molecule has 0 bridgehead atoms. The lowest BCUT2D eigenvalue weighted by Gasteiger charge is -2.32. The van der Waals surface area contributed by atoms with E-state index in [9.17, 15) is 26.7 Å². The van der Waals surface area contributed by atoms with Crippen molar-refractivity contribution in [3.63, 3.8) is 0 Å². The Morgan fingerprint density at radius 2 is 1.80 bits per heavy atom. The molecule has 2 amide bonds. The highest BCUT2D eigenvalue weighted by atomic mass is 19.2. The van der Waals surface area contributed by atoms with Crippen LogP contribution in [0, 0.1) is 29.1 Å². The summed E-state index contributed by atoms with van der Waals surface area (Å²) in [6.45, 7) is 1.69. The minimum atomic E-state index is -1.64. The van der Waals surface area contributed by atoms with Gasteiger partial charge in [0.1, 0.15) is 11.6 Å². The van der Waals surface area contributed by atoms with E-state index < -0.39 is 35.1 Å². The predicted molar refractivity (Wildman–Crippen MR) is 95.9 cm³/mol. The summed E-state index contributed by atoms with van der Waals surface area (Å²) in [4.78, 5) is 14.0. The molecule has 0 saturated heterocycles. The number of carbonyl (C=O) groups excluding carboxylic acids is 1. The number of fused-ring (bicyclic) bond motifs is 1. The number of hydrogen-bond acceptors (Lipinski definition) is 3. The van der Waals surface area contributed by atoms with Crippen LogP contribution in [0.5, 0.6) is 0 Å². The number of anilines is 1. The van der Waals surface area contributed by atoms with E-state index >= 15 is 0 Å². The van der Waals surface area contributed by atoms with Crippen molar-refractivity contribution in [2.24, 2.45) is 0 Å². The van der Waals surface area contributed by atoms with Gasteiger partial charge in [0.25, 0.3) is 0 Å². The van der Waals surface area contributed by atoms with Crippen molar-refractivity contribution in [2.45, 2.75) is 25.9 Å². The van der Waals surface area contributed by atoms with Gasteiger partial charge in [0, 0.05) is 41.9 Å². The van der Waals surface area contributed by atoms with E-state index in [1.54, 1.807) is 6.92 Å². The van der Waals surface area contributed by atoms with Crippen molar-refractivity contribution < 1.29 is 31.3 Å². The molecule has 1 aromatic heterocycles. The van der Waals surface area contributed by atoms with Crippen molar-refractivity contribution >= 4 is 11.7 Å². The number of carbonyl (C=O) groups is 1. The molecule has 3 aromatic rings. The second-order valence-electron chi connectivity index (χ2n) is 6.93. The van der Waals surface area contributed by atoms with E-state index in [1.807, 2.05) is 0 Å². The molecule has 0 saturated carbocycles. The molecular formula is C20H14F5N3O2. The number of aromatic nitrogens is 1. The summed E-state index contributed by atoms with van der Waals surface area (Å²) in [5.74, 6) is -6.05. The Kier molecular flexibility index (Phi) is 4.92. The van der Waals surface area contributed by atoms with E-state index in [2.05, 4.69) is 10.5 Å². The maximum atomic E-state index is 14.2. The van der Waals surface area contributed by atoms with Crippen molar-refractivity contribution in [1.29, 1.82) is 0 Å². The van der Waals surface area contributed by atoms with Crippen LogP contribution in [0.1, 0.15) is 18.2 Å². The van der Waals surface area contributed by atoms with Crippen LogP contribution in [0.2, 0.25) is 0 Å². The third kappa shape index (κ3) is 3.49. The zero-order valence-electron chi connectivity index (χ0n) is 15.5. The van der Waals surface area contributed by atoms with Gasteiger partial charge in [-0.3, -0.25) is 0 Å². The highest BCUT2D eigenvalue weighted by Gasteiger charge is 2.33. The SMILES string of the molecule is C[C@H]1Cc2noc(-c3ccc(F)cc3F)c2CN1C(=O)Nc1cc(F)c(F)c(F)c1. The molecule has 10 heteroatoms. The summed E-state index contributed by atoms with van der Waals surface area (Å²) < 4.78 is 72.6. The Balaban J connectivity index is 1.61. The molecule has 1 N–H and O–H groups in total. The maximum absolute atomic E-state index is 14.2. The Morgan fingerprint density at radius 3 is 2.47 bits per heavy atom. The number of amides is 2. The molecule has 1 aliphatic heterocycles. The first-order valence-corrected chi connectivity index (χ1v) is 8.89. The largest absolute Gasteiger partial charge is 0.356 e. The highest BCUT2D eigenvalue weighted by Crippen LogP contribution is 2.34. The van der Waals surface area contributed by atoms with Crippen molar-refractivity contribution in [2.75, 3.05) is 5.32 Å². The normalized spacial score (nSPS) is 15.8. The molecule has 30 heavy (non-hydrogen) atoms. The van der Waals surface area contributed by atoms with Crippen molar-refractivity contribution in [3.8, 4) is 11.3 Å². The summed E-state index contributed by atoms with van der Waals surface area (Å²) in [5.41, 5.74) is 0.682. The standard InChI is InChI=1S/C20H14F5N3O2/c1-9-4-17-13(19(30-27-17)12-3-2-10(21)5-14(12)22)8-28(9)20(29)26-11-6-15(23)18(25)16(24)7-11/h2-3,5-7,9H,4,8H2,1H3,(H,26,29)/t9-/m0/s1. The van der Waals surface area contributed by atoms with Gasteiger partial charge in [-0.25, -0.2) is 26.7 Å². The van der Waals surface area contributed by atoms with Crippen LogP contribution in [-0.2, 0) is 13.0 Å². The molecular weight excluding hydrogens is 409 g/mol. The summed E-state index contributed by atoms with van der Waals surface area (Å²) >= 11 is 0. The van der Waals surface area contributed by atoms with Gasteiger partial charge in [0.15, 0.2) is 23.2 Å². The summed E-state index contributed by atoms with van der Waals surface area (Å²) in [6.07, 6.45) is 0.279. The second kappa shape index (κ2) is 7.43. The molecule has 0 spiro atoms. The molecule has 0 unspecified atom stereocenters. The Bertz CT molecular complexity index is 1120. The van der Waals surface area contributed by atoms with E-state index in [0.717, 1.165) is 6.07 Å². The van der Waals surface area contributed by atoms with Crippen LogP contribution in [0.25, 0.3) is 11.3 Å².